The van der Waals surface area contributed by atoms with Crippen LogP contribution in [0.5, 0.6) is 0 Å². The SMILES string of the molecule is C/C(N)=C/N=CC(C)C.CC. The van der Waals surface area contributed by atoms with Crippen LogP contribution >= 0.6 is 0 Å². The van der Waals surface area contributed by atoms with E-state index in [1.54, 1.807) is 6.20 Å². The van der Waals surface area contributed by atoms with Crippen LogP contribution in [0.2, 0.25) is 0 Å². The van der Waals surface area contributed by atoms with Crippen LogP contribution in [-0.4, -0.2) is 6.21 Å². The molecule has 0 aromatic rings. The van der Waals surface area contributed by atoms with Gasteiger partial charge in [0, 0.05) is 18.1 Å². The zero-order valence-corrected chi connectivity index (χ0v) is 8.26. The van der Waals surface area contributed by atoms with Crippen LogP contribution in [0, 0.1) is 5.92 Å². The van der Waals surface area contributed by atoms with E-state index in [-0.39, 0.29) is 0 Å². The van der Waals surface area contributed by atoms with E-state index in [4.69, 9.17) is 5.73 Å². The van der Waals surface area contributed by atoms with Crippen molar-refractivity contribution < 1.29 is 0 Å². The van der Waals surface area contributed by atoms with Crippen molar-refractivity contribution >= 4 is 6.21 Å². The summed E-state index contributed by atoms with van der Waals surface area (Å²) in [6.07, 6.45) is 3.51. The molecule has 0 aromatic heterocycles. The quantitative estimate of drug-likeness (QED) is 0.613. The summed E-state index contributed by atoms with van der Waals surface area (Å²) < 4.78 is 0. The summed E-state index contributed by atoms with van der Waals surface area (Å²) in [5, 5.41) is 0. The minimum atomic E-state index is 0.501. The molecular formula is C9H20N2. The first-order valence-corrected chi connectivity index (χ1v) is 4.08. The molecule has 0 saturated heterocycles. The maximum Gasteiger partial charge on any atom is 0.0448 e. The number of nitrogens with zero attached hydrogens (tertiary/aromatic N) is 1. The second-order valence-corrected chi connectivity index (χ2v) is 2.42. The molecule has 0 aromatic carbocycles. The number of hydrogen-bond donors (Lipinski definition) is 1. The molecule has 2 nitrogen and oxygen atoms in total. The molecule has 11 heavy (non-hydrogen) atoms. The molecule has 0 aliphatic heterocycles. The van der Waals surface area contributed by atoms with Crippen LogP contribution in [0.15, 0.2) is 16.9 Å². The topological polar surface area (TPSA) is 38.4 Å². The van der Waals surface area contributed by atoms with E-state index in [1.165, 1.54) is 0 Å². The van der Waals surface area contributed by atoms with E-state index >= 15 is 0 Å². The van der Waals surface area contributed by atoms with Crippen LogP contribution in [0.25, 0.3) is 0 Å². The predicted octanol–water partition coefficient (Wildman–Crippen LogP) is 2.56. The fourth-order valence-corrected chi connectivity index (χ4v) is 0.333. The first kappa shape index (κ1) is 12.8. The van der Waals surface area contributed by atoms with Gasteiger partial charge in [0.1, 0.15) is 0 Å². The van der Waals surface area contributed by atoms with Gasteiger partial charge in [-0.25, -0.2) is 0 Å². The minimum absolute atomic E-state index is 0.501. The summed E-state index contributed by atoms with van der Waals surface area (Å²) in [5.74, 6) is 0.501. The van der Waals surface area contributed by atoms with Crippen LogP contribution < -0.4 is 5.73 Å². The molecule has 0 aliphatic rings. The number of hydrogen-bond acceptors (Lipinski definition) is 2. The van der Waals surface area contributed by atoms with Crippen LogP contribution in [0.4, 0.5) is 0 Å². The Balaban J connectivity index is 0. The molecule has 0 rings (SSSR count). The van der Waals surface area contributed by atoms with Gasteiger partial charge in [-0.2, -0.15) is 0 Å². The Morgan fingerprint density at radius 3 is 2.09 bits per heavy atom. The lowest BCUT2D eigenvalue weighted by Crippen LogP contribution is -1.90. The standard InChI is InChI=1S/C7H14N2.C2H6/c1-6(2)4-9-5-7(3)8;1-2/h4-6H,8H2,1-3H3;1-2H3/b7-5-,9-4?;. The van der Waals surface area contributed by atoms with Gasteiger partial charge in [-0.15, -0.1) is 0 Å². The summed E-state index contributed by atoms with van der Waals surface area (Å²) >= 11 is 0. The average Bonchev–Trinajstić information content (AvgIpc) is 1.90. The largest absolute Gasteiger partial charge is 0.401 e. The highest BCUT2D eigenvalue weighted by Gasteiger charge is 1.80. The summed E-state index contributed by atoms with van der Waals surface area (Å²) in [4.78, 5) is 3.96. The van der Waals surface area contributed by atoms with Crippen LogP contribution in [0.3, 0.4) is 0 Å². The average molecular weight is 156 g/mol. The predicted molar refractivity (Wildman–Crippen MR) is 52.6 cm³/mol. The molecule has 0 fully saturated rings. The smallest absolute Gasteiger partial charge is 0.0448 e. The number of nitrogens with two attached hydrogens (primary N) is 1. The summed E-state index contributed by atoms with van der Waals surface area (Å²) in [7, 11) is 0. The van der Waals surface area contributed by atoms with E-state index in [0.717, 1.165) is 5.70 Å². The molecule has 0 radical (unpaired) electrons. The molecule has 2 N–H and O–H groups in total. The van der Waals surface area contributed by atoms with Crippen molar-refractivity contribution in [1.29, 1.82) is 0 Å². The van der Waals surface area contributed by atoms with Gasteiger partial charge in [0.15, 0.2) is 0 Å². The van der Waals surface area contributed by atoms with E-state index in [0.29, 0.717) is 5.92 Å². The molecular weight excluding hydrogens is 136 g/mol. The maximum atomic E-state index is 5.33. The van der Waals surface area contributed by atoms with Crippen molar-refractivity contribution in [3.63, 3.8) is 0 Å². The van der Waals surface area contributed by atoms with E-state index < -0.39 is 0 Å². The lowest BCUT2D eigenvalue weighted by atomic mass is 10.2. The van der Waals surface area contributed by atoms with Crippen molar-refractivity contribution in [2.75, 3.05) is 0 Å². The highest BCUT2D eigenvalue weighted by molar-refractivity contribution is 5.60. The Kier molecular flexibility index (Phi) is 10.8. The van der Waals surface area contributed by atoms with Crippen molar-refractivity contribution in [3.05, 3.63) is 11.9 Å². The normalized spacial score (nSPS) is 11.6. The Morgan fingerprint density at radius 2 is 1.82 bits per heavy atom. The fourth-order valence-electron chi connectivity index (χ4n) is 0.333. The summed E-state index contributed by atoms with van der Waals surface area (Å²) in [6.45, 7) is 9.96. The van der Waals surface area contributed by atoms with Gasteiger partial charge in [-0.3, -0.25) is 4.99 Å². The lowest BCUT2D eigenvalue weighted by molar-refractivity contribution is 0.906. The molecule has 0 spiro atoms. The van der Waals surface area contributed by atoms with E-state index in [9.17, 15) is 0 Å². The monoisotopic (exact) mass is 156 g/mol. The lowest BCUT2D eigenvalue weighted by Gasteiger charge is -1.89. The Hall–Kier alpha value is -0.790. The fraction of sp³-hybridized carbons (Fsp3) is 0.667. The molecule has 66 valence electrons. The van der Waals surface area contributed by atoms with Gasteiger partial charge in [-0.05, 0) is 12.8 Å². The van der Waals surface area contributed by atoms with Crippen LogP contribution in [-0.2, 0) is 0 Å². The summed E-state index contributed by atoms with van der Waals surface area (Å²) in [6, 6.07) is 0. The molecule has 0 atom stereocenters. The van der Waals surface area contributed by atoms with Crippen LogP contribution in [0.1, 0.15) is 34.6 Å². The zero-order valence-electron chi connectivity index (χ0n) is 8.26. The highest BCUT2D eigenvalue weighted by atomic mass is 14.7. The number of rotatable bonds is 2. The summed E-state index contributed by atoms with van der Waals surface area (Å²) in [5.41, 5.74) is 6.07. The molecule has 0 bridgehead atoms. The van der Waals surface area contributed by atoms with Crippen molar-refractivity contribution in [2.45, 2.75) is 34.6 Å². The van der Waals surface area contributed by atoms with Gasteiger partial charge >= 0.3 is 0 Å². The first-order chi connectivity index (χ1) is 5.13. The second kappa shape index (κ2) is 9.21. The third kappa shape index (κ3) is 17.6. The van der Waals surface area contributed by atoms with Crippen molar-refractivity contribution in [1.82, 2.24) is 0 Å². The van der Waals surface area contributed by atoms with E-state index in [2.05, 4.69) is 18.8 Å². The first-order valence-electron chi connectivity index (χ1n) is 4.08. The molecule has 0 saturated carbocycles. The van der Waals surface area contributed by atoms with Crippen molar-refractivity contribution in [3.8, 4) is 0 Å². The van der Waals surface area contributed by atoms with Crippen molar-refractivity contribution in [2.24, 2.45) is 16.6 Å². The second-order valence-electron chi connectivity index (χ2n) is 2.42. The van der Waals surface area contributed by atoms with Gasteiger partial charge < -0.3 is 5.73 Å². The molecule has 0 heterocycles. The number of aliphatic imine (C=N–C) groups is 1. The Morgan fingerprint density at radius 1 is 1.36 bits per heavy atom. The third-order valence-corrected chi connectivity index (χ3v) is 0.662. The zero-order chi connectivity index (χ0) is 9.28. The van der Waals surface area contributed by atoms with E-state index in [1.807, 2.05) is 27.0 Å². The molecule has 2 heteroatoms. The Labute approximate surface area is 70.2 Å². The van der Waals surface area contributed by atoms with Gasteiger partial charge in [0.2, 0.25) is 0 Å². The Bertz CT molecular complexity index is 120. The van der Waals surface area contributed by atoms with Gasteiger partial charge in [0.25, 0.3) is 0 Å². The molecule has 0 unspecified atom stereocenters. The molecule has 0 aliphatic carbocycles. The molecule has 0 amide bonds. The van der Waals surface area contributed by atoms with Gasteiger partial charge in [0.05, 0.1) is 0 Å². The highest BCUT2D eigenvalue weighted by Crippen LogP contribution is 1.86. The third-order valence-electron chi connectivity index (χ3n) is 0.662. The maximum absolute atomic E-state index is 5.33. The van der Waals surface area contributed by atoms with Gasteiger partial charge in [-0.1, -0.05) is 27.7 Å². The minimum Gasteiger partial charge on any atom is -0.401 e. The number of allylic oxidation sites excluding steroid dienone is 1.